The Morgan fingerprint density at radius 1 is 1.54 bits per heavy atom. The number of aliphatic carboxylic acids is 1. The molecule has 0 saturated carbocycles. The van der Waals surface area contributed by atoms with Crippen molar-refractivity contribution < 1.29 is 9.90 Å². The summed E-state index contributed by atoms with van der Waals surface area (Å²) in [6.45, 7) is 3.60. The predicted octanol–water partition coefficient (Wildman–Crippen LogP) is 2.38. The Balaban J connectivity index is 0.00000144. The van der Waals surface area contributed by atoms with E-state index in [1.807, 2.05) is 18.2 Å². The molecule has 0 aromatic heterocycles. The van der Waals surface area contributed by atoms with Gasteiger partial charge in [0.2, 0.25) is 0 Å². The highest BCUT2D eigenvalue weighted by Gasteiger charge is 1.99. The van der Waals surface area contributed by atoms with Gasteiger partial charge in [-0.2, -0.15) is 0 Å². The Morgan fingerprint density at radius 3 is 2.77 bits per heavy atom. The molecule has 1 rings (SSSR count). The summed E-state index contributed by atoms with van der Waals surface area (Å²) in [5.41, 5.74) is 1.76. The zero-order valence-corrected chi connectivity index (χ0v) is 7.88. The number of hydrogen-bond donors (Lipinski definition) is 1. The van der Waals surface area contributed by atoms with Crippen LogP contribution in [0.25, 0.3) is 6.08 Å². The summed E-state index contributed by atoms with van der Waals surface area (Å²) in [6.07, 6.45) is 1.77. The second-order valence-corrected chi connectivity index (χ2v) is 2.52. The normalized spacial score (nSPS) is 8.62. The van der Waals surface area contributed by atoms with Gasteiger partial charge in [0.05, 0.1) is 6.42 Å². The lowest BCUT2D eigenvalue weighted by Crippen LogP contribution is -1.99. The van der Waals surface area contributed by atoms with Crippen LogP contribution >= 0.6 is 12.4 Å². The Labute approximate surface area is 83.3 Å². The van der Waals surface area contributed by atoms with Gasteiger partial charge in [0, 0.05) is 0 Å². The summed E-state index contributed by atoms with van der Waals surface area (Å²) in [7, 11) is 0. The first-order chi connectivity index (χ1) is 5.72. The van der Waals surface area contributed by atoms with Gasteiger partial charge >= 0.3 is 5.97 Å². The molecule has 0 amide bonds. The summed E-state index contributed by atoms with van der Waals surface area (Å²) in [4.78, 5) is 10.3. The van der Waals surface area contributed by atoms with E-state index in [1.54, 1.807) is 12.1 Å². The van der Waals surface area contributed by atoms with Crippen molar-refractivity contribution in [3.8, 4) is 0 Å². The molecule has 0 radical (unpaired) electrons. The Bertz CT molecular complexity index is 308. The molecule has 13 heavy (non-hydrogen) atoms. The van der Waals surface area contributed by atoms with Crippen molar-refractivity contribution in [2.24, 2.45) is 0 Å². The molecule has 0 heterocycles. The summed E-state index contributed by atoms with van der Waals surface area (Å²) in [5.74, 6) is -0.809. The van der Waals surface area contributed by atoms with Crippen molar-refractivity contribution >= 4 is 24.5 Å². The topological polar surface area (TPSA) is 37.3 Å². The molecule has 0 aliphatic carbocycles. The lowest BCUT2D eigenvalue weighted by molar-refractivity contribution is -0.136. The van der Waals surface area contributed by atoms with Gasteiger partial charge in [-0.15, -0.1) is 12.4 Å². The first kappa shape index (κ1) is 11.7. The van der Waals surface area contributed by atoms with Gasteiger partial charge < -0.3 is 5.11 Å². The monoisotopic (exact) mass is 198 g/mol. The zero-order chi connectivity index (χ0) is 8.97. The lowest BCUT2D eigenvalue weighted by Gasteiger charge is -1.97. The van der Waals surface area contributed by atoms with Gasteiger partial charge in [-0.05, 0) is 11.1 Å². The fourth-order valence-corrected chi connectivity index (χ4v) is 1.00. The van der Waals surface area contributed by atoms with E-state index in [2.05, 4.69) is 6.58 Å². The smallest absolute Gasteiger partial charge is 0.307 e. The first-order valence-corrected chi connectivity index (χ1v) is 3.65. The summed E-state index contributed by atoms with van der Waals surface area (Å²) >= 11 is 0. The van der Waals surface area contributed by atoms with Gasteiger partial charge in [-0.3, -0.25) is 4.79 Å². The second-order valence-electron chi connectivity index (χ2n) is 2.52. The van der Waals surface area contributed by atoms with Gasteiger partial charge in [0.25, 0.3) is 0 Å². The minimum Gasteiger partial charge on any atom is -0.481 e. The third-order valence-electron chi connectivity index (χ3n) is 1.54. The molecular weight excluding hydrogens is 188 g/mol. The van der Waals surface area contributed by atoms with E-state index in [9.17, 15) is 4.79 Å². The standard InChI is InChI=1S/C10H10O2.ClH/c1-2-8-4-3-5-9(6-8)7-10(11)12;/h2-6H,1,7H2,(H,11,12);1H. The van der Waals surface area contributed by atoms with Crippen LogP contribution in [-0.2, 0) is 11.2 Å². The molecule has 1 aromatic rings. The highest BCUT2D eigenvalue weighted by Crippen LogP contribution is 2.06. The molecule has 0 bridgehead atoms. The average molecular weight is 199 g/mol. The van der Waals surface area contributed by atoms with E-state index in [0.717, 1.165) is 11.1 Å². The summed E-state index contributed by atoms with van der Waals surface area (Å²) in [5, 5.41) is 8.50. The van der Waals surface area contributed by atoms with Gasteiger partial charge in [0.15, 0.2) is 0 Å². The molecule has 0 unspecified atom stereocenters. The molecule has 0 aliphatic rings. The van der Waals surface area contributed by atoms with E-state index >= 15 is 0 Å². The molecular formula is C10H11ClO2. The average Bonchev–Trinajstić information content (AvgIpc) is 2.03. The molecule has 0 saturated heterocycles. The van der Waals surface area contributed by atoms with Crippen LogP contribution < -0.4 is 0 Å². The predicted molar refractivity (Wildman–Crippen MR) is 55.1 cm³/mol. The molecule has 0 spiro atoms. The highest BCUT2D eigenvalue weighted by atomic mass is 35.5. The van der Waals surface area contributed by atoms with E-state index in [-0.39, 0.29) is 18.8 Å². The number of carboxylic acid groups (broad SMARTS) is 1. The van der Waals surface area contributed by atoms with E-state index in [1.165, 1.54) is 0 Å². The molecule has 2 nitrogen and oxygen atoms in total. The maximum atomic E-state index is 10.3. The molecule has 1 aromatic carbocycles. The SMILES string of the molecule is C=Cc1cccc(CC(=O)O)c1.Cl. The molecule has 0 aliphatic heterocycles. The number of rotatable bonds is 3. The third kappa shape index (κ3) is 3.76. The minimum atomic E-state index is -0.809. The van der Waals surface area contributed by atoms with Gasteiger partial charge in [-0.1, -0.05) is 36.9 Å². The number of halogens is 1. The van der Waals surface area contributed by atoms with Crippen LogP contribution in [0, 0.1) is 0 Å². The van der Waals surface area contributed by atoms with Crippen molar-refractivity contribution in [2.75, 3.05) is 0 Å². The Hall–Kier alpha value is -1.28. The van der Waals surface area contributed by atoms with Crippen LogP contribution in [0.4, 0.5) is 0 Å². The number of carbonyl (C=O) groups is 1. The van der Waals surface area contributed by atoms with Crippen molar-refractivity contribution in [3.05, 3.63) is 42.0 Å². The van der Waals surface area contributed by atoms with E-state index < -0.39 is 5.97 Å². The molecule has 3 heteroatoms. The fourth-order valence-electron chi connectivity index (χ4n) is 1.00. The largest absolute Gasteiger partial charge is 0.481 e. The van der Waals surface area contributed by atoms with E-state index in [0.29, 0.717) is 0 Å². The highest BCUT2D eigenvalue weighted by molar-refractivity contribution is 5.85. The van der Waals surface area contributed by atoms with Crippen LogP contribution in [0.1, 0.15) is 11.1 Å². The van der Waals surface area contributed by atoms with Crippen molar-refractivity contribution in [1.82, 2.24) is 0 Å². The van der Waals surface area contributed by atoms with Crippen LogP contribution in [-0.4, -0.2) is 11.1 Å². The second kappa shape index (κ2) is 5.38. The third-order valence-corrected chi connectivity index (χ3v) is 1.54. The first-order valence-electron chi connectivity index (χ1n) is 3.65. The molecule has 70 valence electrons. The van der Waals surface area contributed by atoms with Gasteiger partial charge in [0.1, 0.15) is 0 Å². The zero-order valence-electron chi connectivity index (χ0n) is 7.06. The minimum absolute atomic E-state index is 0. The Morgan fingerprint density at radius 2 is 2.23 bits per heavy atom. The fraction of sp³-hybridized carbons (Fsp3) is 0.100. The van der Waals surface area contributed by atoms with Crippen LogP contribution in [0.5, 0.6) is 0 Å². The molecule has 0 fully saturated rings. The quantitative estimate of drug-likeness (QED) is 0.810. The summed E-state index contributed by atoms with van der Waals surface area (Å²) in [6, 6.07) is 7.33. The number of carboxylic acids is 1. The van der Waals surface area contributed by atoms with Crippen molar-refractivity contribution in [2.45, 2.75) is 6.42 Å². The maximum Gasteiger partial charge on any atom is 0.307 e. The molecule has 0 atom stereocenters. The summed E-state index contributed by atoms with van der Waals surface area (Å²) < 4.78 is 0. The maximum absolute atomic E-state index is 10.3. The van der Waals surface area contributed by atoms with Crippen LogP contribution in [0.15, 0.2) is 30.8 Å². The van der Waals surface area contributed by atoms with Crippen molar-refractivity contribution in [1.29, 1.82) is 0 Å². The lowest BCUT2D eigenvalue weighted by atomic mass is 10.1. The van der Waals surface area contributed by atoms with E-state index in [4.69, 9.17) is 5.11 Å². The number of hydrogen-bond acceptors (Lipinski definition) is 1. The van der Waals surface area contributed by atoms with Gasteiger partial charge in [-0.25, -0.2) is 0 Å². The van der Waals surface area contributed by atoms with Crippen LogP contribution in [0.2, 0.25) is 0 Å². The van der Waals surface area contributed by atoms with Crippen LogP contribution in [0.3, 0.4) is 0 Å². The molecule has 1 N–H and O–H groups in total. The van der Waals surface area contributed by atoms with Crippen molar-refractivity contribution in [3.63, 3.8) is 0 Å². The number of benzene rings is 1. The Kier molecular flexibility index (Phi) is 4.85.